The van der Waals surface area contributed by atoms with Crippen molar-refractivity contribution < 1.29 is 9.47 Å². The van der Waals surface area contributed by atoms with Gasteiger partial charge in [0.15, 0.2) is 0 Å². The van der Waals surface area contributed by atoms with Crippen LogP contribution in [0.25, 0.3) is 0 Å². The predicted octanol–water partition coefficient (Wildman–Crippen LogP) is 3.92. The molecule has 1 fully saturated rings. The van der Waals surface area contributed by atoms with Gasteiger partial charge in [-0.25, -0.2) is 4.98 Å². The molecule has 4 heteroatoms. The number of nitrogens with one attached hydrogen (secondary N) is 1. The fourth-order valence-corrected chi connectivity index (χ4v) is 3.30. The van der Waals surface area contributed by atoms with Crippen LogP contribution < -0.4 is 10.1 Å². The zero-order valence-electron chi connectivity index (χ0n) is 12.8. The highest BCUT2D eigenvalue weighted by Crippen LogP contribution is 2.38. The normalized spacial score (nSPS) is 17.7. The molecular weight excluding hydrogens is 276 g/mol. The van der Waals surface area contributed by atoms with Gasteiger partial charge in [-0.3, -0.25) is 0 Å². The van der Waals surface area contributed by atoms with Gasteiger partial charge < -0.3 is 14.8 Å². The molecule has 22 heavy (non-hydrogen) atoms. The van der Waals surface area contributed by atoms with E-state index in [1.807, 2.05) is 12.3 Å². The summed E-state index contributed by atoms with van der Waals surface area (Å²) in [6, 6.07) is 8.34. The van der Waals surface area contributed by atoms with E-state index in [2.05, 4.69) is 35.4 Å². The van der Waals surface area contributed by atoms with E-state index < -0.39 is 0 Å². The van der Waals surface area contributed by atoms with Crippen molar-refractivity contribution in [2.24, 2.45) is 0 Å². The van der Waals surface area contributed by atoms with E-state index in [1.165, 1.54) is 16.7 Å². The molecule has 0 atom stereocenters. The molecular formula is C18H20N2O2. The van der Waals surface area contributed by atoms with Gasteiger partial charge in [-0.1, -0.05) is 6.07 Å². The maximum Gasteiger partial charge on any atom is 0.143 e. The second-order valence-corrected chi connectivity index (χ2v) is 6.03. The van der Waals surface area contributed by atoms with E-state index in [0.717, 1.165) is 43.3 Å². The monoisotopic (exact) mass is 296 g/mol. The Bertz CT molecular complexity index is 693. The minimum atomic E-state index is 0.541. The van der Waals surface area contributed by atoms with Crippen LogP contribution >= 0.6 is 0 Å². The Labute approximate surface area is 130 Å². The Morgan fingerprint density at radius 1 is 1.18 bits per heavy atom. The van der Waals surface area contributed by atoms with Gasteiger partial charge in [-0.15, -0.1) is 0 Å². The Morgan fingerprint density at radius 3 is 2.91 bits per heavy atom. The maximum absolute atomic E-state index is 6.03. The molecule has 1 aromatic heterocycles. The molecule has 1 aromatic carbocycles. The molecule has 0 amide bonds. The van der Waals surface area contributed by atoms with Crippen LogP contribution in [0.15, 0.2) is 30.5 Å². The Balaban J connectivity index is 1.73. The minimum Gasteiger partial charge on any atom is -0.487 e. The number of nitrogens with zero attached hydrogens (tertiary/aromatic N) is 1. The zero-order valence-corrected chi connectivity index (χ0v) is 12.8. The van der Waals surface area contributed by atoms with Crippen LogP contribution in [0.1, 0.15) is 35.4 Å². The quantitative estimate of drug-likeness (QED) is 0.866. The largest absolute Gasteiger partial charge is 0.487 e. The summed E-state index contributed by atoms with van der Waals surface area (Å²) in [4.78, 5) is 4.54. The van der Waals surface area contributed by atoms with Crippen LogP contribution in [0.2, 0.25) is 0 Å². The van der Waals surface area contributed by atoms with E-state index in [1.54, 1.807) is 0 Å². The van der Waals surface area contributed by atoms with Crippen molar-refractivity contribution in [1.29, 1.82) is 0 Å². The number of anilines is 2. The molecule has 0 saturated carbocycles. The molecule has 2 aliphatic rings. The highest BCUT2D eigenvalue weighted by atomic mass is 16.5. The molecule has 1 N–H and O–H groups in total. The number of benzene rings is 1. The minimum absolute atomic E-state index is 0.541. The number of hydrogen-bond acceptors (Lipinski definition) is 4. The molecule has 4 nitrogen and oxygen atoms in total. The molecule has 2 aliphatic heterocycles. The first-order valence-electron chi connectivity index (χ1n) is 7.87. The number of pyridine rings is 1. The van der Waals surface area contributed by atoms with Crippen molar-refractivity contribution in [2.45, 2.75) is 32.3 Å². The second kappa shape index (κ2) is 5.61. The highest BCUT2D eigenvalue weighted by Gasteiger charge is 2.23. The fraction of sp³-hybridized carbons (Fsp3) is 0.389. The average Bonchev–Trinajstić information content (AvgIpc) is 2.74. The van der Waals surface area contributed by atoms with Crippen molar-refractivity contribution in [2.75, 3.05) is 18.5 Å². The third-order valence-corrected chi connectivity index (χ3v) is 4.51. The van der Waals surface area contributed by atoms with Crippen molar-refractivity contribution >= 4 is 11.5 Å². The lowest BCUT2D eigenvalue weighted by molar-refractivity contribution is 0.0849. The molecule has 0 radical (unpaired) electrons. The standard InChI is InChI=1S/C18H20N2O2/c1-12-2-3-17-16(10-12)20-18-15(11-22-17)14(4-7-19-18)13-5-8-21-9-6-13/h2-4,7,10,13H,5-6,8-9,11H2,1H3,(H,19,20). The van der Waals surface area contributed by atoms with E-state index in [9.17, 15) is 0 Å². The lowest BCUT2D eigenvalue weighted by atomic mass is 9.89. The molecule has 0 aliphatic carbocycles. The Kier molecular flexibility index (Phi) is 3.47. The summed E-state index contributed by atoms with van der Waals surface area (Å²) in [5.41, 5.74) is 4.74. The molecule has 0 spiro atoms. The van der Waals surface area contributed by atoms with E-state index >= 15 is 0 Å². The van der Waals surface area contributed by atoms with Crippen molar-refractivity contribution in [3.8, 4) is 5.75 Å². The van der Waals surface area contributed by atoms with Crippen LogP contribution in [0, 0.1) is 6.92 Å². The smallest absolute Gasteiger partial charge is 0.143 e. The number of ether oxygens (including phenoxy) is 2. The molecule has 114 valence electrons. The predicted molar refractivity (Wildman–Crippen MR) is 85.8 cm³/mol. The third kappa shape index (κ3) is 2.44. The summed E-state index contributed by atoms with van der Waals surface area (Å²) in [6.45, 7) is 4.34. The number of aromatic nitrogens is 1. The lowest BCUT2D eigenvalue weighted by Crippen LogP contribution is -2.16. The van der Waals surface area contributed by atoms with Crippen LogP contribution in [-0.4, -0.2) is 18.2 Å². The van der Waals surface area contributed by atoms with Gasteiger partial charge in [0.2, 0.25) is 0 Å². The summed E-state index contributed by atoms with van der Waals surface area (Å²) in [5.74, 6) is 2.36. The number of fused-ring (bicyclic) bond motifs is 2. The van der Waals surface area contributed by atoms with Crippen molar-refractivity contribution in [1.82, 2.24) is 4.98 Å². The molecule has 0 bridgehead atoms. The third-order valence-electron chi connectivity index (χ3n) is 4.51. The van der Waals surface area contributed by atoms with Crippen LogP contribution in [0.4, 0.5) is 11.5 Å². The fourth-order valence-electron chi connectivity index (χ4n) is 3.30. The number of rotatable bonds is 1. The first-order valence-corrected chi connectivity index (χ1v) is 7.87. The molecule has 1 saturated heterocycles. The van der Waals surface area contributed by atoms with Crippen molar-refractivity contribution in [3.63, 3.8) is 0 Å². The second-order valence-electron chi connectivity index (χ2n) is 6.03. The van der Waals surface area contributed by atoms with Gasteiger partial charge in [0.1, 0.15) is 18.2 Å². The molecule has 0 unspecified atom stereocenters. The van der Waals surface area contributed by atoms with Crippen LogP contribution in [0.5, 0.6) is 5.75 Å². The van der Waals surface area contributed by atoms with Crippen LogP contribution in [-0.2, 0) is 11.3 Å². The summed E-state index contributed by atoms with van der Waals surface area (Å²) < 4.78 is 11.5. The summed E-state index contributed by atoms with van der Waals surface area (Å²) in [6.07, 6.45) is 4.04. The van der Waals surface area contributed by atoms with E-state index in [0.29, 0.717) is 12.5 Å². The Morgan fingerprint density at radius 2 is 2.05 bits per heavy atom. The van der Waals surface area contributed by atoms with Gasteiger partial charge in [0, 0.05) is 25.0 Å². The first-order chi connectivity index (χ1) is 10.8. The first kappa shape index (κ1) is 13.6. The average molecular weight is 296 g/mol. The SMILES string of the molecule is Cc1ccc2c(c1)Nc1nccc(C3CCOCC3)c1CO2. The van der Waals surface area contributed by atoms with Gasteiger partial charge in [0.25, 0.3) is 0 Å². The molecule has 2 aromatic rings. The highest BCUT2D eigenvalue weighted by molar-refractivity contribution is 5.69. The summed E-state index contributed by atoms with van der Waals surface area (Å²) in [7, 11) is 0. The maximum atomic E-state index is 6.03. The number of hydrogen-bond donors (Lipinski definition) is 1. The lowest BCUT2D eigenvalue weighted by Gasteiger charge is -2.24. The van der Waals surface area contributed by atoms with Gasteiger partial charge in [0.05, 0.1) is 5.69 Å². The molecule has 3 heterocycles. The van der Waals surface area contributed by atoms with Gasteiger partial charge in [-0.05, 0) is 55.0 Å². The van der Waals surface area contributed by atoms with Gasteiger partial charge in [-0.2, -0.15) is 0 Å². The van der Waals surface area contributed by atoms with E-state index in [4.69, 9.17) is 9.47 Å². The number of aryl methyl sites for hydroxylation is 1. The molecule has 4 rings (SSSR count). The topological polar surface area (TPSA) is 43.4 Å². The van der Waals surface area contributed by atoms with Gasteiger partial charge >= 0.3 is 0 Å². The zero-order chi connectivity index (χ0) is 14.9. The Hall–Kier alpha value is -2.07. The summed E-state index contributed by atoms with van der Waals surface area (Å²) >= 11 is 0. The van der Waals surface area contributed by atoms with E-state index in [-0.39, 0.29) is 0 Å². The van der Waals surface area contributed by atoms with Crippen LogP contribution in [0.3, 0.4) is 0 Å². The van der Waals surface area contributed by atoms with Crippen molar-refractivity contribution in [3.05, 3.63) is 47.2 Å². The summed E-state index contributed by atoms with van der Waals surface area (Å²) in [5, 5.41) is 3.46.